The maximum atomic E-state index is 4.62. The maximum absolute atomic E-state index is 4.62. The van der Waals surface area contributed by atoms with Crippen LogP contribution in [0.25, 0.3) is 11.4 Å². The highest BCUT2D eigenvalue weighted by molar-refractivity contribution is 14.1. The van der Waals surface area contributed by atoms with Crippen LogP contribution in [0.3, 0.4) is 0 Å². The number of rotatable bonds is 5. The molecule has 20 heavy (non-hydrogen) atoms. The van der Waals surface area contributed by atoms with E-state index in [1.165, 1.54) is 5.56 Å². The lowest BCUT2D eigenvalue weighted by Crippen LogP contribution is -2.05. The Morgan fingerprint density at radius 3 is 2.50 bits per heavy atom. The van der Waals surface area contributed by atoms with Gasteiger partial charge in [-0.25, -0.2) is 9.97 Å². The Morgan fingerprint density at radius 1 is 1.20 bits per heavy atom. The van der Waals surface area contributed by atoms with E-state index in [4.69, 9.17) is 0 Å². The van der Waals surface area contributed by atoms with Crippen molar-refractivity contribution in [3.63, 3.8) is 0 Å². The molecule has 0 atom stereocenters. The number of hydrogen-bond acceptors (Lipinski definition) is 3. The molecule has 4 heteroatoms. The summed E-state index contributed by atoms with van der Waals surface area (Å²) in [6.45, 7) is 7.47. The monoisotopic (exact) mass is 381 g/mol. The van der Waals surface area contributed by atoms with Crippen LogP contribution in [0.1, 0.15) is 38.7 Å². The summed E-state index contributed by atoms with van der Waals surface area (Å²) in [5, 5.41) is 3.34. The summed E-state index contributed by atoms with van der Waals surface area (Å²) in [5.41, 5.74) is 2.40. The van der Waals surface area contributed by atoms with Crippen LogP contribution in [0.15, 0.2) is 30.5 Å². The minimum Gasteiger partial charge on any atom is -0.369 e. The molecule has 1 aromatic heterocycles. The third kappa shape index (κ3) is 3.69. The first kappa shape index (κ1) is 15.2. The van der Waals surface area contributed by atoms with Gasteiger partial charge in [-0.15, -0.1) is 0 Å². The molecule has 0 unspecified atom stereocenters. The van der Waals surface area contributed by atoms with Crippen LogP contribution in [-0.2, 0) is 0 Å². The van der Waals surface area contributed by atoms with Gasteiger partial charge in [0.15, 0.2) is 5.82 Å². The van der Waals surface area contributed by atoms with E-state index in [1.807, 2.05) is 6.20 Å². The van der Waals surface area contributed by atoms with Crippen molar-refractivity contribution in [3.8, 4) is 11.4 Å². The van der Waals surface area contributed by atoms with E-state index in [9.17, 15) is 0 Å². The van der Waals surface area contributed by atoms with Crippen molar-refractivity contribution in [1.29, 1.82) is 0 Å². The Bertz CT molecular complexity index is 564. The van der Waals surface area contributed by atoms with Gasteiger partial charge in [0.2, 0.25) is 0 Å². The van der Waals surface area contributed by atoms with E-state index in [1.54, 1.807) is 0 Å². The standard InChI is InChI=1S/C16H20IN3/c1-4-9-18-16-14(17)10-19-15(20-16)13-7-5-12(6-8-13)11(2)3/h5-8,10-11H,4,9H2,1-3H3,(H,18,19,20). The molecule has 1 aromatic carbocycles. The van der Waals surface area contributed by atoms with Gasteiger partial charge in [-0.3, -0.25) is 0 Å². The van der Waals surface area contributed by atoms with Gasteiger partial charge >= 0.3 is 0 Å². The molecule has 2 rings (SSSR count). The summed E-state index contributed by atoms with van der Waals surface area (Å²) in [6, 6.07) is 8.50. The number of benzene rings is 1. The molecular weight excluding hydrogens is 361 g/mol. The van der Waals surface area contributed by atoms with Gasteiger partial charge < -0.3 is 5.32 Å². The molecule has 0 fully saturated rings. The minimum atomic E-state index is 0.545. The summed E-state index contributed by atoms with van der Waals surface area (Å²) < 4.78 is 1.05. The average molecular weight is 381 g/mol. The Balaban J connectivity index is 2.27. The molecule has 0 amide bonds. The van der Waals surface area contributed by atoms with Crippen molar-refractivity contribution in [1.82, 2.24) is 9.97 Å². The number of halogens is 1. The molecule has 106 valence electrons. The van der Waals surface area contributed by atoms with Crippen molar-refractivity contribution >= 4 is 28.4 Å². The van der Waals surface area contributed by atoms with E-state index < -0.39 is 0 Å². The van der Waals surface area contributed by atoms with Crippen LogP contribution in [0.2, 0.25) is 0 Å². The Kier molecular flexibility index (Phi) is 5.34. The molecule has 0 saturated carbocycles. The lowest BCUT2D eigenvalue weighted by atomic mass is 10.0. The van der Waals surface area contributed by atoms with Crippen LogP contribution < -0.4 is 5.32 Å². The van der Waals surface area contributed by atoms with Gasteiger partial charge in [-0.05, 0) is 40.5 Å². The largest absolute Gasteiger partial charge is 0.369 e. The number of hydrogen-bond donors (Lipinski definition) is 1. The van der Waals surface area contributed by atoms with Gasteiger partial charge in [0.25, 0.3) is 0 Å². The van der Waals surface area contributed by atoms with Crippen molar-refractivity contribution in [3.05, 3.63) is 39.6 Å². The molecule has 0 bridgehead atoms. The number of anilines is 1. The first-order valence-corrected chi connectivity index (χ1v) is 8.06. The van der Waals surface area contributed by atoms with Gasteiger partial charge in [-0.1, -0.05) is 45.0 Å². The van der Waals surface area contributed by atoms with E-state index in [-0.39, 0.29) is 0 Å². The van der Waals surface area contributed by atoms with Crippen LogP contribution in [0, 0.1) is 3.57 Å². The van der Waals surface area contributed by atoms with Crippen molar-refractivity contribution in [2.75, 3.05) is 11.9 Å². The predicted molar refractivity (Wildman–Crippen MR) is 93.1 cm³/mol. The number of nitrogens with zero attached hydrogens (tertiary/aromatic N) is 2. The molecule has 1 N–H and O–H groups in total. The highest BCUT2D eigenvalue weighted by atomic mass is 127. The molecule has 0 aliphatic carbocycles. The second-order valence-electron chi connectivity index (χ2n) is 5.09. The minimum absolute atomic E-state index is 0.545. The maximum Gasteiger partial charge on any atom is 0.161 e. The van der Waals surface area contributed by atoms with Crippen molar-refractivity contribution in [2.24, 2.45) is 0 Å². The van der Waals surface area contributed by atoms with Crippen LogP contribution in [0.4, 0.5) is 5.82 Å². The smallest absolute Gasteiger partial charge is 0.161 e. The molecule has 1 heterocycles. The fourth-order valence-corrected chi connectivity index (χ4v) is 2.34. The van der Waals surface area contributed by atoms with Gasteiger partial charge in [0.1, 0.15) is 5.82 Å². The zero-order valence-corrected chi connectivity index (χ0v) is 14.3. The molecule has 2 aromatic rings. The topological polar surface area (TPSA) is 37.8 Å². The molecule has 0 aliphatic rings. The molecule has 3 nitrogen and oxygen atoms in total. The zero-order chi connectivity index (χ0) is 14.5. The second kappa shape index (κ2) is 7.02. The summed E-state index contributed by atoms with van der Waals surface area (Å²) >= 11 is 2.26. The second-order valence-corrected chi connectivity index (χ2v) is 6.26. The fourth-order valence-electron chi connectivity index (χ4n) is 1.89. The summed E-state index contributed by atoms with van der Waals surface area (Å²) in [5.74, 6) is 2.24. The van der Waals surface area contributed by atoms with Crippen LogP contribution in [-0.4, -0.2) is 16.5 Å². The lowest BCUT2D eigenvalue weighted by molar-refractivity contribution is 0.867. The number of nitrogens with one attached hydrogen (secondary N) is 1. The van der Waals surface area contributed by atoms with E-state index in [2.05, 4.69) is 82.9 Å². The summed E-state index contributed by atoms with van der Waals surface area (Å²) in [4.78, 5) is 9.06. The SMILES string of the molecule is CCCNc1nc(-c2ccc(C(C)C)cc2)ncc1I. The molecule has 0 radical (unpaired) electrons. The average Bonchev–Trinajstić information content (AvgIpc) is 2.46. The third-order valence-electron chi connectivity index (χ3n) is 3.12. The van der Waals surface area contributed by atoms with Crippen molar-refractivity contribution < 1.29 is 0 Å². The molecule has 0 saturated heterocycles. The summed E-state index contributed by atoms with van der Waals surface area (Å²) in [6.07, 6.45) is 2.95. The molecular formula is C16H20IN3. The van der Waals surface area contributed by atoms with Gasteiger partial charge in [-0.2, -0.15) is 0 Å². The van der Waals surface area contributed by atoms with Gasteiger partial charge in [0, 0.05) is 18.3 Å². The van der Waals surface area contributed by atoms with E-state index in [0.29, 0.717) is 5.92 Å². The highest BCUT2D eigenvalue weighted by Gasteiger charge is 2.07. The van der Waals surface area contributed by atoms with E-state index >= 15 is 0 Å². The van der Waals surface area contributed by atoms with Crippen molar-refractivity contribution in [2.45, 2.75) is 33.1 Å². The number of aromatic nitrogens is 2. The summed E-state index contributed by atoms with van der Waals surface area (Å²) in [7, 11) is 0. The highest BCUT2D eigenvalue weighted by Crippen LogP contribution is 2.23. The lowest BCUT2D eigenvalue weighted by Gasteiger charge is -2.09. The first-order chi connectivity index (χ1) is 9.61. The Morgan fingerprint density at radius 2 is 1.90 bits per heavy atom. The first-order valence-electron chi connectivity index (χ1n) is 6.98. The van der Waals surface area contributed by atoms with E-state index in [0.717, 1.165) is 33.7 Å². The predicted octanol–water partition coefficient (Wildman–Crippen LogP) is 4.69. The zero-order valence-electron chi connectivity index (χ0n) is 12.2. The molecule has 0 aliphatic heterocycles. The van der Waals surface area contributed by atoms with Crippen LogP contribution in [0.5, 0.6) is 0 Å². The normalized spacial score (nSPS) is 10.8. The van der Waals surface area contributed by atoms with Crippen LogP contribution >= 0.6 is 22.6 Å². The van der Waals surface area contributed by atoms with Gasteiger partial charge in [0.05, 0.1) is 3.57 Å². The Hall–Kier alpha value is -1.17. The fraction of sp³-hybridized carbons (Fsp3) is 0.375. The quantitative estimate of drug-likeness (QED) is 0.764. The Labute approximate surface area is 134 Å². The molecule has 0 spiro atoms. The third-order valence-corrected chi connectivity index (χ3v) is 3.91.